The molecule has 3 aromatic carbocycles. The molecule has 0 radical (unpaired) electrons. The van der Waals surface area contributed by atoms with Crippen molar-refractivity contribution in [3.8, 4) is 0 Å². The lowest BCUT2D eigenvalue weighted by molar-refractivity contribution is 0.576. The third kappa shape index (κ3) is 3.34. The minimum absolute atomic E-state index is 0.279. The first-order chi connectivity index (χ1) is 13.0. The topological polar surface area (TPSA) is 46.2 Å². The highest BCUT2D eigenvalue weighted by Gasteiger charge is 2.31. The van der Waals surface area contributed by atoms with Gasteiger partial charge in [-0.1, -0.05) is 66.2 Å². The molecule has 3 nitrogen and oxygen atoms in total. The Kier molecular flexibility index (Phi) is 4.46. The van der Waals surface area contributed by atoms with Gasteiger partial charge in [0.05, 0.1) is 10.9 Å². The lowest BCUT2D eigenvalue weighted by atomic mass is 9.98. The maximum atomic E-state index is 13.0. The van der Waals surface area contributed by atoms with Crippen molar-refractivity contribution in [2.24, 2.45) is 0 Å². The zero-order valence-corrected chi connectivity index (χ0v) is 16.1. The molecule has 4 heteroatoms. The largest absolute Gasteiger partial charge is 0.241 e. The van der Waals surface area contributed by atoms with E-state index in [0.29, 0.717) is 0 Å². The molecule has 0 heterocycles. The zero-order valence-electron chi connectivity index (χ0n) is 15.3. The highest BCUT2D eigenvalue weighted by Crippen LogP contribution is 2.42. The molecule has 0 bridgehead atoms. The van der Waals surface area contributed by atoms with Crippen LogP contribution in [0.5, 0.6) is 0 Å². The quantitative estimate of drug-likeness (QED) is 0.707. The number of benzene rings is 3. The van der Waals surface area contributed by atoms with E-state index < -0.39 is 16.1 Å². The normalized spacial score (nSPS) is 16.1. The van der Waals surface area contributed by atoms with E-state index in [1.807, 2.05) is 61.5 Å². The Morgan fingerprint density at radius 3 is 2.22 bits per heavy atom. The Morgan fingerprint density at radius 2 is 1.52 bits per heavy atom. The van der Waals surface area contributed by atoms with Crippen LogP contribution in [0.25, 0.3) is 11.6 Å². The molecule has 0 amide bonds. The van der Waals surface area contributed by atoms with E-state index >= 15 is 0 Å². The molecule has 3 aromatic rings. The predicted molar refractivity (Wildman–Crippen MR) is 110 cm³/mol. The summed E-state index contributed by atoms with van der Waals surface area (Å²) in [6.07, 6.45) is 2.10. The Balaban J connectivity index is 1.79. The fourth-order valence-corrected chi connectivity index (χ4v) is 4.70. The molecular weight excluding hydrogens is 354 g/mol. The summed E-state index contributed by atoms with van der Waals surface area (Å²) in [4.78, 5) is 0.279. The minimum Gasteiger partial charge on any atom is -0.207 e. The van der Waals surface area contributed by atoms with Gasteiger partial charge in [-0.05, 0) is 59.9 Å². The lowest BCUT2D eigenvalue weighted by Gasteiger charge is -2.19. The van der Waals surface area contributed by atoms with Crippen molar-refractivity contribution in [1.29, 1.82) is 0 Å². The molecule has 1 aliphatic rings. The second-order valence-electron chi connectivity index (χ2n) is 6.91. The Bertz CT molecular complexity index is 1110. The maximum absolute atomic E-state index is 13.0. The maximum Gasteiger partial charge on any atom is 0.241 e. The summed E-state index contributed by atoms with van der Waals surface area (Å²) >= 11 is 0. The van der Waals surface area contributed by atoms with Crippen molar-refractivity contribution >= 4 is 21.7 Å². The standard InChI is InChI=1S/C23H21NO2S/c1-16-11-13-19(14-12-16)27(25,26)24-23-20-10-6-7-17(2)21(20)15-22(23)18-8-4-3-5-9-18/h3-15,23-24H,1-2H3. The van der Waals surface area contributed by atoms with E-state index in [0.717, 1.165) is 33.4 Å². The third-order valence-electron chi connectivity index (χ3n) is 4.99. The van der Waals surface area contributed by atoms with E-state index in [1.165, 1.54) is 0 Å². The molecule has 0 aliphatic heterocycles. The zero-order chi connectivity index (χ0) is 19.0. The van der Waals surface area contributed by atoms with E-state index in [-0.39, 0.29) is 4.90 Å². The summed E-state index contributed by atoms with van der Waals surface area (Å²) in [7, 11) is -3.65. The van der Waals surface area contributed by atoms with Crippen molar-refractivity contribution in [3.05, 3.63) is 101 Å². The molecule has 0 aromatic heterocycles. The first-order valence-corrected chi connectivity index (χ1v) is 10.4. The van der Waals surface area contributed by atoms with Crippen LogP contribution < -0.4 is 4.72 Å². The summed E-state index contributed by atoms with van der Waals surface area (Å²) in [5.41, 5.74) is 6.23. The van der Waals surface area contributed by atoms with Gasteiger partial charge in [0.15, 0.2) is 0 Å². The molecule has 0 saturated carbocycles. The van der Waals surface area contributed by atoms with Crippen LogP contribution in [0.4, 0.5) is 0 Å². The number of hydrogen-bond donors (Lipinski definition) is 1. The molecule has 0 spiro atoms. The molecule has 1 atom stereocenters. The highest BCUT2D eigenvalue weighted by molar-refractivity contribution is 7.89. The number of hydrogen-bond acceptors (Lipinski definition) is 2. The van der Waals surface area contributed by atoms with Crippen molar-refractivity contribution in [2.45, 2.75) is 24.8 Å². The predicted octanol–water partition coefficient (Wildman–Crippen LogP) is 4.88. The number of aryl methyl sites for hydroxylation is 2. The van der Waals surface area contributed by atoms with Crippen LogP contribution in [0.3, 0.4) is 0 Å². The van der Waals surface area contributed by atoms with Gasteiger partial charge in [0.2, 0.25) is 10.0 Å². The fraction of sp³-hybridized carbons (Fsp3) is 0.130. The minimum atomic E-state index is -3.65. The molecule has 0 saturated heterocycles. The van der Waals surface area contributed by atoms with Gasteiger partial charge < -0.3 is 0 Å². The van der Waals surface area contributed by atoms with E-state index in [1.54, 1.807) is 12.1 Å². The Morgan fingerprint density at radius 1 is 0.815 bits per heavy atom. The highest BCUT2D eigenvalue weighted by atomic mass is 32.2. The van der Waals surface area contributed by atoms with Crippen LogP contribution in [0, 0.1) is 13.8 Å². The first kappa shape index (κ1) is 17.7. The van der Waals surface area contributed by atoms with Crippen LogP contribution in [0.1, 0.15) is 33.9 Å². The van der Waals surface area contributed by atoms with E-state index in [9.17, 15) is 8.42 Å². The average molecular weight is 375 g/mol. The summed E-state index contributed by atoms with van der Waals surface area (Å²) in [6, 6.07) is 22.5. The van der Waals surface area contributed by atoms with Crippen molar-refractivity contribution in [3.63, 3.8) is 0 Å². The number of nitrogens with one attached hydrogen (secondary N) is 1. The second kappa shape index (κ2) is 6.80. The van der Waals surface area contributed by atoms with Crippen LogP contribution in [0.2, 0.25) is 0 Å². The van der Waals surface area contributed by atoms with E-state index in [4.69, 9.17) is 0 Å². The van der Waals surface area contributed by atoms with Gasteiger partial charge in [-0.15, -0.1) is 0 Å². The van der Waals surface area contributed by atoms with Crippen molar-refractivity contribution in [1.82, 2.24) is 4.72 Å². The molecule has 27 heavy (non-hydrogen) atoms. The van der Waals surface area contributed by atoms with Crippen molar-refractivity contribution < 1.29 is 8.42 Å². The molecule has 1 N–H and O–H groups in total. The van der Waals surface area contributed by atoms with E-state index in [2.05, 4.69) is 23.8 Å². The summed E-state index contributed by atoms with van der Waals surface area (Å²) < 4.78 is 29.0. The smallest absolute Gasteiger partial charge is 0.207 e. The van der Waals surface area contributed by atoms with Crippen molar-refractivity contribution in [2.75, 3.05) is 0 Å². The van der Waals surface area contributed by atoms with Crippen LogP contribution in [-0.2, 0) is 10.0 Å². The number of rotatable bonds is 4. The van der Waals surface area contributed by atoms with Gasteiger partial charge >= 0.3 is 0 Å². The third-order valence-corrected chi connectivity index (χ3v) is 6.43. The van der Waals surface area contributed by atoms with Gasteiger partial charge in [-0.2, -0.15) is 4.72 Å². The molecular formula is C23H21NO2S. The molecule has 0 fully saturated rings. The van der Waals surface area contributed by atoms with Gasteiger partial charge in [-0.3, -0.25) is 0 Å². The van der Waals surface area contributed by atoms with Crippen LogP contribution in [-0.4, -0.2) is 8.42 Å². The van der Waals surface area contributed by atoms with Crippen LogP contribution in [0.15, 0.2) is 77.7 Å². The summed E-state index contributed by atoms with van der Waals surface area (Å²) in [5.74, 6) is 0. The molecule has 1 aliphatic carbocycles. The summed E-state index contributed by atoms with van der Waals surface area (Å²) in [6.45, 7) is 3.99. The van der Waals surface area contributed by atoms with Gasteiger partial charge in [-0.25, -0.2) is 8.42 Å². The fourth-order valence-electron chi connectivity index (χ4n) is 3.51. The number of fused-ring (bicyclic) bond motifs is 1. The van der Waals surface area contributed by atoms with Gasteiger partial charge in [0.1, 0.15) is 0 Å². The summed E-state index contributed by atoms with van der Waals surface area (Å²) in [5, 5.41) is 0. The average Bonchev–Trinajstić information content (AvgIpc) is 3.02. The van der Waals surface area contributed by atoms with Gasteiger partial charge in [0.25, 0.3) is 0 Å². The first-order valence-electron chi connectivity index (χ1n) is 8.91. The number of sulfonamides is 1. The molecule has 1 unspecified atom stereocenters. The lowest BCUT2D eigenvalue weighted by Crippen LogP contribution is -2.28. The monoisotopic (exact) mass is 375 g/mol. The molecule has 136 valence electrons. The molecule has 4 rings (SSSR count). The SMILES string of the molecule is Cc1ccc(S(=O)(=O)NC2C(c3ccccc3)=Cc3c(C)cccc32)cc1. The van der Waals surface area contributed by atoms with Gasteiger partial charge in [0, 0.05) is 0 Å². The van der Waals surface area contributed by atoms with Crippen LogP contribution >= 0.6 is 0 Å². The second-order valence-corrected chi connectivity index (χ2v) is 8.62. The Hall–Kier alpha value is -2.69. The Labute approximate surface area is 160 Å².